The van der Waals surface area contributed by atoms with E-state index in [2.05, 4.69) is 136 Å². The molecule has 0 atom stereocenters. The third kappa shape index (κ3) is 5.58. The molecule has 0 fully saturated rings. The summed E-state index contributed by atoms with van der Waals surface area (Å²) in [5.74, 6) is 0. The van der Waals surface area contributed by atoms with Gasteiger partial charge in [0.15, 0.2) is 0 Å². The zero-order valence-electron chi connectivity index (χ0n) is 18.0. The van der Waals surface area contributed by atoms with Gasteiger partial charge in [-0.2, -0.15) is 0 Å². The summed E-state index contributed by atoms with van der Waals surface area (Å²) in [6.45, 7) is 14.7. The Balaban J connectivity index is 2.28. The number of allylic oxidation sites excluding steroid dienone is 4. The Bertz CT molecular complexity index is 1180. The second-order valence-electron chi connectivity index (χ2n) is 8.44. The zero-order valence-corrected chi connectivity index (χ0v) is 22.7. The second kappa shape index (κ2) is 9.85. The lowest BCUT2D eigenvalue weighted by atomic mass is 9.85. The molecule has 0 radical (unpaired) electrons. The van der Waals surface area contributed by atoms with Gasteiger partial charge in [-0.1, -0.05) is 124 Å². The average Bonchev–Trinajstić information content (AvgIpc) is 2.71. The molecule has 0 spiro atoms. The van der Waals surface area contributed by atoms with E-state index >= 15 is 0 Å². The highest BCUT2D eigenvalue weighted by molar-refractivity contribution is 9.12. The fourth-order valence-electron chi connectivity index (χ4n) is 3.47. The van der Waals surface area contributed by atoms with Crippen molar-refractivity contribution in [2.75, 3.05) is 0 Å². The van der Waals surface area contributed by atoms with Gasteiger partial charge in [-0.3, -0.25) is 0 Å². The van der Waals surface area contributed by atoms with Crippen LogP contribution in [0.1, 0.15) is 31.9 Å². The first-order valence-electron chi connectivity index (χ1n) is 10.00. The molecule has 31 heavy (non-hydrogen) atoms. The fourth-order valence-corrected chi connectivity index (χ4v) is 4.95. The minimum atomic E-state index is 0.0938. The summed E-state index contributed by atoms with van der Waals surface area (Å²) in [7, 11) is 0. The summed E-state index contributed by atoms with van der Waals surface area (Å²) in [4.78, 5) is 0. The van der Waals surface area contributed by atoms with Crippen LogP contribution in [0.2, 0.25) is 0 Å². The molecule has 0 aliphatic carbocycles. The molecule has 3 rings (SSSR count). The first-order chi connectivity index (χ1) is 14.6. The van der Waals surface area contributed by atoms with Crippen LogP contribution >= 0.6 is 47.8 Å². The van der Waals surface area contributed by atoms with Crippen molar-refractivity contribution in [2.24, 2.45) is 0 Å². The predicted octanol–water partition coefficient (Wildman–Crippen LogP) is 10.3. The van der Waals surface area contributed by atoms with E-state index in [9.17, 15) is 0 Å². The van der Waals surface area contributed by atoms with Crippen LogP contribution < -0.4 is 0 Å². The first kappa shape index (κ1) is 24.0. The Morgan fingerprint density at radius 2 is 1.45 bits per heavy atom. The van der Waals surface area contributed by atoms with Crippen LogP contribution in [0.15, 0.2) is 99.4 Å². The molecule has 0 unspecified atom stereocenters. The Hall–Kier alpha value is -1.68. The van der Waals surface area contributed by atoms with Gasteiger partial charge in [-0.25, -0.2) is 0 Å². The molecule has 0 saturated heterocycles. The van der Waals surface area contributed by atoms with E-state index in [4.69, 9.17) is 0 Å². The van der Waals surface area contributed by atoms with E-state index in [1.807, 2.05) is 12.1 Å². The van der Waals surface area contributed by atoms with Crippen molar-refractivity contribution in [2.45, 2.75) is 26.2 Å². The van der Waals surface area contributed by atoms with E-state index in [0.29, 0.717) is 0 Å². The lowest BCUT2D eigenvalue weighted by Gasteiger charge is -2.21. The molecule has 3 aromatic carbocycles. The molecule has 0 aliphatic rings. The molecule has 0 saturated carbocycles. The van der Waals surface area contributed by atoms with Crippen LogP contribution in [0.25, 0.3) is 27.8 Å². The van der Waals surface area contributed by atoms with Gasteiger partial charge in [-0.15, -0.1) is 0 Å². The Labute approximate surface area is 211 Å². The minimum absolute atomic E-state index is 0.0938. The first-order valence-corrected chi connectivity index (χ1v) is 12.4. The number of halogens is 3. The molecule has 158 valence electrons. The van der Waals surface area contributed by atoms with Crippen molar-refractivity contribution in [1.29, 1.82) is 0 Å². The average molecular weight is 601 g/mol. The Kier molecular flexibility index (Phi) is 7.62. The molecule has 0 N–H and O–H groups in total. The molecule has 0 bridgehead atoms. The third-order valence-corrected chi connectivity index (χ3v) is 6.93. The van der Waals surface area contributed by atoms with Crippen molar-refractivity contribution in [3.63, 3.8) is 0 Å². The van der Waals surface area contributed by atoms with Gasteiger partial charge in [0.2, 0.25) is 0 Å². The van der Waals surface area contributed by atoms with Crippen LogP contribution in [-0.2, 0) is 5.41 Å². The summed E-state index contributed by atoms with van der Waals surface area (Å²) < 4.78 is 2.97. The van der Waals surface area contributed by atoms with Gasteiger partial charge < -0.3 is 0 Å². The summed E-state index contributed by atoms with van der Waals surface area (Å²) in [5.41, 5.74) is 8.05. The molecule has 0 nitrogen and oxygen atoms in total. The van der Waals surface area contributed by atoms with E-state index in [0.717, 1.165) is 46.8 Å². The lowest BCUT2D eigenvalue weighted by Crippen LogP contribution is -2.10. The molecule has 0 heterocycles. The SMILES string of the molecule is C=C/C=C(\C(=C)Br)c1cc(-c2ccccc2Br)cc(-c2ccc(C(C)(C)C)cc2Br)c1. The van der Waals surface area contributed by atoms with E-state index < -0.39 is 0 Å². The fraction of sp³-hybridized carbons (Fsp3) is 0.143. The van der Waals surface area contributed by atoms with Crippen LogP contribution in [-0.4, -0.2) is 0 Å². The molecule has 0 aliphatic heterocycles. The van der Waals surface area contributed by atoms with Crippen LogP contribution in [0, 0.1) is 0 Å². The lowest BCUT2D eigenvalue weighted by molar-refractivity contribution is 0.590. The topological polar surface area (TPSA) is 0 Å². The number of benzene rings is 3. The number of rotatable bonds is 5. The molecular weight excluding hydrogens is 576 g/mol. The molecule has 0 amide bonds. The Morgan fingerprint density at radius 3 is 1.97 bits per heavy atom. The van der Waals surface area contributed by atoms with Crippen molar-refractivity contribution < 1.29 is 0 Å². The van der Waals surface area contributed by atoms with E-state index in [1.54, 1.807) is 6.08 Å². The van der Waals surface area contributed by atoms with E-state index in [1.165, 1.54) is 5.56 Å². The zero-order chi connectivity index (χ0) is 22.8. The normalized spacial score (nSPS) is 12.0. The summed E-state index contributed by atoms with van der Waals surface area (Å²) in [6.07, 6.45) is 3.78. The molecule has 3 aromatic rings. The predicted molar refractivity (Wildman–Crippen MR) is 148 cm³/mol. The number of hydrogen-bond donors (Lipinski definition) is 0. The highest BCUT2D eigenvalue weighted by Crippen LogP contribution is 2.39. The van der Waals surface area contributed by atoms with Crippen molar-refractivity contribution in [3.8, 4) is 22.3 Å². The maximum Gasteiger partial charge on any atom is 0.0256 e. The maximum atomic E-state index is 4.11. The molecule has 0 aromatic heterocycles. The highest BCUT2D eigenvalue weighted by atomic mass is 79.9. The minimum Gasteiger partial charge on any atom is -0.0990 e. The van der Waals surface area contributed by atoms with Crippen LogP contribution in [0.4, 0.5) is 0 Å². The van der Waals surface area contributed by atoms with Crippen molar-refractivity contribution in [3.05, 3.63) is 111 Å². The van der Waals surface area contributed by atoms with Crippen LogP contribution in [0.5, 0.6) is 0 Å². The van der Waals surface area contributed by atoms with Gasteiger partial charge in [-0.05, 0) is 74.7 Å². The quantitative estimate of drug-likeness (QED) is 0.256. The van der Waals surface area contributed by atoms with Crippen molar-refractivity contribution >= 4 is 53.4 Å². The Morgan fingerprint density at radius 1 is 0.839 bits per heavy atom. The van der Waals surface area contributed by atoms with Gasteiger partial charge in [0.05, 0.1) is 0 Å². The summed E-state index contributed by atoms with van der Waals surface area (Å²) in [5, 5.41) is 0. The summed E-state index contributed by atoms with van der Waals surface area (Å²) in [6, 6.07) is 21.6. The van der Waals surface area contributed by atoms with Crippen molar-refractivity contribution in [1.82, 2.24) is 0 Å². The largest absolute Gasteiger partial charge is 0.0990 e. The van der Waals surface area contributed by atoms with Gasteiger partial charge in [0, 0.05) is 13.4 Å². The van der Waals surface area contributed by atoms with Gasteiger partial charge in [0.1, 0.15) is 0 Å². The monoisotopic (exact) mass is 598 g/mol. The van der Waals surface area contributed by atoms with Gasteiger partial charge in [0.25, 0.3) is 0 Å². The third-order valence-electron chi connectivity index (χ3n) is 5.15. The van der Waals surface area contributed by atoms with E-state index in [-0.39, 0.29) is 5.41 Å². The van der Waals surface area contributed by atoms with Crippen LogP contribution in [0.3, 0.4) is 0 Å². The standard InChI is InChI=1S/C28H25Br3/c1-6-9-23(18(2)29)19-14-20(24-10-7-8-11-26(24)30)16-21(15-19)25-13-12-22(17-27(25)31)28(3,4)5/h6-17H,1-2H2,3-5H3/b23-9+. The maximum absolute atomic E-state index is 4.11. The molecule has 3 heteroatoms. The van der Waals surface area contributed by atoms with Gasteiger partial charge >= 0.3 is 0 Å². The number of hydrogen-bond acceptors (Lipinski definition) is 0. The smallest absolute Gasteiger partial charge is 0.0256 e. The molecular formula is C28H25Br3. The second-order valence-corrected chi connectivity index (χ2v) is 11.1. The highest BCUT2D eigenvalue weighted by Gasteiger charge is 2.17. The summed E-state index contributed by atoms with van der Waals surface area (Å²) >= 11 is 11.1.